The molecule has 1 amide bonds. The zero-order valence-electron chi connectivity index (χ0n) is 13.6. The first-order valence-corrected chi connectivity index (χ1v) is 7.30. The Morgan fingerprint density at radius 2 is 2.09 bits per heavy atom. The summed E-state index contributed by atoms with van der Waals surface area (Å²) in [6.07, 6.45) is 3.21. The number of carbonyl (C=O) groups is 1. The zero-order chi connectivity index (χ0) is 16.8. The molecule has 3 heterocycles. The number of fused-ring (bicyclic) bond motifs is 1. The van der Waals surface area contributed by atoms with E-state index in [0.29, 0.717) is 23.4 Å². The molecule has 8 nitrogen and oxygen atoms in total. The van der Waals surface area contributed by atoms with Gasteiger partial charge in [-0.15, -0.1) is 0 Å². The fraction of sp³-hybridized carbons (Fsp3) is 0.400. The number of nitrogens with two attached hydrogens (primary N) is 1. The van der Waals surface area contributed by atoms with Crippen molar-refractivity contribution in [2.45, 2.75) is 33.2 Å². The zero-order valence-corrected chi connectivity index (χ0v) is 13.6. The lowest BCUT2D eigenvalue weighted by atomic mass is 10.1. The minimum Gasteiger partial charge on any atom is -0.383 e. The Morgan fingerprint density at radius 3 is 2.70 bits per heavy atom. The van der Waals surface area contributed by atoms with Crippen molar-refractivity contribution in [2.24, 2.45) is 4.99 Å². The van der Waals surface area contributed by atoms with Gasteiger partial charge in [0.05, 0.1) is 17.5 Å². The topological polar surface area (TPSA) is 111 Å². The van der Waals surface area contributed by atoms with Gasteiger partial charge in [-0.1, -0.05) is 0 Å². The maximum Gasteiger partial charge on any atom is 0.278 e. The van der Waals surface area contributed by atoms with Crippen LogP contribution in [0.15, 0.2) is 23.0 Å². The lowest BCUT2D eigenvalue weighted by molar-refractivity contribution is 0.0972. The van der Waals surface area contributed by atoms with E-state index in [2.05, 4.69) is 25.4 Å². The molecule has 1 aliphatic heterocycles. The van der Waals surface area contributed by atoms with Gasteiger partial charge < -0.3 is 11.1 Å². The molecular weight excluding hydrogens is 294 g/mol. The molecule has 23 heavy (non-hydrogen) atoms. The highest BCUT2D eigenvalue weighted by Crippen LogP contribution is 2.26. The quantitative estimate of drug-likeness (QED) is 0.823. The van der Waals surface area contributed by atoms with E-state index in [4.69, 9.17) is 5.73 Å². The van der Waals surface area contributed by atoms with Crippen LogP contribution in [0.25, 0.3) is 11.0 Å². The molecule has 3 N–H and O–H groups in total. The molecule has 0 aromatic carbocycles. The number of nitrogen functional groups attached to an aromatic ring is 1. The van der Waals surface area contributed by atoms with Gasteiger partial charge >= 0.3 is 0 Å². The number of aromatic nitrogens is 4. The highest BCUT2D eigenvalue weighted by Gasteiger charge is 2.26. The SMILES string of the molecule is CC1=CC(NC(=O)c2nn(C(C)(C)C)c3ncnc(N)c23)=NC1. The molecule has 0 unspecified atom stereocenters. The van der Waals surface area contributed by atoms with Crippen molar-refractivity contribution >= 4 is 28.6 Å². The summed E-state index contributed by atoms with van der Waals surface area (Å²) in [6, 6.07) is 0. The van der Waals surface area contributed by atoms with Crippen LogP contribution in [0.4, 0.5) is 5.82 Å². The van der Waals surface area contributed by atoms with Crippen LogP contribution in [0.5, 0.6) is 0 Å². The smallest absolute Gasteiger partial charge is 0.278 e. The van der Waals surface area contributed by atoms with Crippen LogP contribution >= 0.6 is 0 Å². The number of carbonyl (C=O) groups excluding carboxylic acids is 1. The standard InChI is InChI=1S/C15H19N7O/c1-8-5-9(17-6-8)20-14(23)11-10-12(16)18-7-19-13(10)22(21-11)15(2,3)4/h5,7H,6H2,1-4H3,(H2,16,18,19)(H,17,20,23). The minimum absolute atomic E-state index is 0.202. The molecule has 120 valence electrons. The van der Waals surface area contributed by atoms with E-state index in [9.17, 15) is 4.79 Å². The fourth-order valence-corrected chi connectivity index (χ4v) is 2.39. The maximum atomic E-state index is 12.6. The summed E-state index contributed by atoms with van der Waals surface area (Å²) in [5, 5.41) is 7.64. The summed E-state index contributed by atoms with van der Waals surface area (Å²) < 4.78 is 1.69. The lowest BCUT2D eigenvalue weighted by Crippen LogP contribution is -2.30. The number of amidine groups is 1. The molecule has 2 aromatic heterocycles. The van der Waals surface area contributed by atoms with Gasteiger partial charge in [-0.2, -0.15) is 5.10 Å². The second-order valence-corrected chi connectivity index (χ2v) is 6.54. The second kappa shape index (κ2) is 5.15. The van der Waals surface area contributed by atoms with Crippen LogP contribution in [-0.2, 0) is 5.54 Å². The predicted molar refractivity (Wildman–Crippen MR) is 88.3 cm³/mol. The number of anilines is 1. The van der Waals surface area contributed by atoms with E-state index in [1.165, 1.54) is 6.33 Å². The highest BCUT2D eigenvalue weighted by atomic mass is 16.2. The second-order valence-electron chi connectivity index (χ2n) is 6.54. The van der Waals surface area contributed by atoms with Gasteiger partial charge in [0.15, 0.2) is 11.3 Å². The highest BCUT2D eigenvalue weighted by molar-refractivity contribution is 6.15. The van der Waals surface area contributed by atoms with Crippen molar-refractivity contribution in [3.8, 4) is 0 Å². The van der Waals surface area contributed by atoms with Crippen molar-refractivity contribution in [2.75, 3.05) is 12.3 Å². The number of nitrogens with zero attached hydrogens (tertiary/aromatic N) is 5. The summed E-state index contributed by atoms with van der Waals surface area (Å²) >= 11 is 0. The van der Waals surface area contributed by atoms with Gasteiger partial charge in [0.1, 0.15) is 18.0 Å². The molecule has 0 saturated carbocycles. The van der Waals surface area contributed by atoms with E-state index in [1.807, 2.05) is 33.8 Å². The molecule has 8 heteroatoms. The molecule has 0 saturated heterocycles. The summed E-state index contributed by atoms with van der Waals surface area (Å²) in [5.41, 5.74) is 7.44. The van der Waals surface area contributed by atoms with Crippen LogP contribution in [0.1, 0.15) is 38.2 Å². The molecule has 1 aliphatic rings. The monoisotopic (exact) mass is 313 g/mol. The Balaban J connectivity index is 2.09. The van der Waals surface area contributed by atoms with Crippen LogP contribution in [0, 0.1) is 0 Å². The van der Waals surface area contributed by atoms with Crippen molar-refractivity contribution in [3.63, 3.8) is 0 Å². The van der Waals surface area contributed by atoms with Gasteiger partial charge in [0, 0.05) is 0 Å². The van der Waals surface area contributed by atoms with E-state index in [1.54, 1.807) is 4.68 Å². The third kappa shape index (κ3) is 2.67. The Kier molecular flexibility index (Phi) is 3.39. The average molecular weight is 313 g/mol. The van der Waals surface area contributed by atoms with E-state index in [-0.39, 0.29) is 23.0 Å². The third-order valence-corrected chi connectivity index (χ3v) is 3.47. The third-order valence-electron chi connectivity index (χ3n) is 3.47. The number of aliphatic imine (C=N–C) groups is 1. The molecule has 0 fully saturated rings. The first kappa shape index (κ1) is 15.1. The van der Waals surface area contributed by atoms with E-state index in [0.717, 1.165) is 5.57 Å². The van der Waals surface area contributed by atoms with Crippen molar-refractivity contribution in [1.82, 2.24) is 25.1 Å². The lowest BCUT2D eigenvalue weighted by Gasteiger charge is -2.19. The van der Waals surface area contributed by atoms with E-state index < -0.39 is 0 Å². The maximum absolute atomic E-state index is 12.6. The normalized spacial score (nSPS) is 14.8. The van der Waals surface area contributed by atoms with Crippen molar-refractivity contribution in [3.05, 3.63) is 23.7 Å². The number of nitrogens with one attached hydrogen (secondary N) is 1. The van der Waals surface area contributed by atoms with Gasteiger partial charge in [-0.3, -0.25) is 9.79 Å². The summed E-state index contributed by atoms with van der Waals surface area (Å²) in [7, 11) is 0. The summed E-state index contributed by atoms with van der Waals surface area (Å²) in [6.45, 7) is 8.49. The number of amides is 1. The summed E-state index contributed by atoms with van der Waals surface area (Å²) in [4.78, 5) is 25.1. The molecule has 2 aromatic rings. The van der Waals surface area contributed by atoms with Crippen LogP contribution < -0.4 is 11.1 Å². The first-order chi connectivity index (χ1) is 10.8. The molecule has 0 radical (unpaired) electrons. The predicted octanol–water partition coefficient (Wildman–Crippen LogP) is 1.25. The number of hydrogen-bond donors (Lipinski definition) is 2. The molecular formula is C15H19N7O. The van der Waals surface area contributed by atoms with Gasteiger partial charge in [0.25, 0.3) is 5.91 Å². The Bertz CT molecular complexity index is 855. The Hall–Kier alpha value is -2.77. The number of hydrogen-bond acceptors (Lipinski definition) is 6. The Labute approximate surface area is 133 Å². The molecule has 0 aliphatic carbocycles. The Morgan fingerprint density at radius 1 is 1.35 bits per heavy atom. The molecule has 0 bridgehead atoms. The average Bonchev–Trinajstić information content (AvgIpc) is 3.03. The van der Waals surface area contributed by atoms with Crippen LogP contribution in [0.3, 0.4) is 0 Å². The van der Waals surface area contributed by atoms with Gasteiger partial charge in [0.2, 0.25) is 0 Å². The first-order valence-electron chi connectivity index (χ1n) is 7.30. The van der Waals surface area contributed by atoms with Gasteiger partial charge in [-0.05, 0) is 39.3 Å². The van der Waals surface area contributed by atoms with Crippen LogP contribution in [0.2, 0.25) is 0 Å². The largest absolute Gasteiger partial charge is 0.383 e. The molecule has 0 spiro atoms. The summed E-state index contributed by atoms with van der Waals surface area (Å²) in [5.74, 6) is 0.390. The minimum atomic E-state index is -0.371. The molecule has 0 atom stereocenters. The molecule has 3 rings (SSSR count). The van der Waals surface area contributed by atoms with Crippen molar-refractivity contribution < 1.29 is 4.79 Å². The fourth-order valence-electron chi connectivity index (χ4n) is 2.39. The number of rotatable bonds is 1. The van der Waals surface area contributed by atoms with Crippen LogP contribution in [-0.4, -0.2) is 38.0 Å². The van der Waals surface area contributed by atoms with E-state index >= 15 is 0 Å². The van der Waals surface area contributed by atoms with Crippen molar-refractivity contribution in [1.29, 1.82) is 0 Å². The van der Waals surface area contributed by atoms with Gasteiger partial charge in [-0.25, -0.2) is 14.6 Å².